The molecule has 0 aliphatic rings. The fourth-order valence-electron chi connectivity index (χ4n) is 2.16. The highest BCUT2D eigenvalue weighted by molar-refractivity contribution is 6.07. The topological polar surface area (TPSA) is 110 Å². The van der Waals surface area contributed by atoms with Crippen LogP contribution in [0, 0.1) is 0 Å². The number of carboxylic acids is 1. The zero-order valence-electron chi connectivity index (χ0n) is 13.7. The summed E-state index contributed by atoms with van der Waals surface area (Å²) in [6.45, 7) is 2.64. The molecule has 0 saturated carbocycles. The minimum atomic E-state index is -4.66. The van der Waals surface area contributed by atoms with Crippen LogP contribution >= 0.6 is 0 Å². The van der Waals surface area contributed by atoms with Gasteiger partial charge in [-0.1, -0.05) is 6.58 Å². The van der Waals surface area contributed by atoms with E-state index < -0.39 is 30.0 Å². The van der Waals surface area contributed by atoms with Crippen molar-refractivity contribution in [2.45, 2.75) is 12.6 Å². The van der Waals surface area contributed by atoms with E-state index in [9.17, 15) is 22.8 Å². The van der Waals surface area contributed by atoms with Crippen LogP contribution in [-0.2, 0) is 15.8 Å². The van der Waals surface area contributed by atoms with Crippen molar-refractivity contribution in [2.24, 2.45) is 0 Å². The van der Waals surface area contributed by atoms with Crippen molar-refractivity contribution in [3.63, 3.8) is 0 Å². The van der Waals surface area contributed by atoms with Gasteiger partial charge in [0, 0.05) is 18.7 Å². The number of alkyl halides is 3. The molecule has 1 aromatic carbocycles. The number of nitrogens with zero attached hydrogens (tertiary/aromatic N) is 1. The van der Waals surface area contributed by atoms with Crippen molar-refractivity contribution in [3.05, 3.63) is 35.9 Å². The lowest BCUT2D eigenvalue weighted by molar-refractivity contribution is -0.138. The molecule has 144 valence electrons. The summed E-state index contributed by atoms with van der Waals surface area (Å²) >= 11 is 0. The fourth-order valence-corrected chi connectivity index (χ4v) is 2.16. The van der Waals surface area contributed by atoms with Crippen molar-refractivity contribution in [1.29, 1.82) is 0 Å². The zero-order chi connectivity index (χ0) is 19.9. The number of halogens is 3. The number of carboxylic acid groups (broad SMARTS) is 1. The van der Waals surface area contributed by atoms with Gasteiger partial charge in [-0.3, -0.25) is 9.59 Å². The number of rotatable bonds is 9. The number of amides is 1. The van der Waals surface area contributed by atoms with Crippen LogP contribution in [0.1, 0.15) is 12.0 Å². The molecule has 0 heterocycles. The third-order valence-corrected chi connectivity index (χ3v) is 3.34. The van der Waals surface area contributed by atoms with Gasteiger partial charge in [-0.25, -0.2) is 0 Å². The smallest absolute Gasteiger partial charge is 0.416 e. The maximum absolute atomic E-state index is 13.0. The molecule has 0 unspecified atom stereocenters. The van der Waals surface area contributed by atoms with E-state index in [1.165, 1.54) is 4.90 Å². The van der Waals surface area contributed by atoms with Crippen molar-refractivity contribution >= 4 is 23.3 Å². The SMILES string of the molecule is C=C(CC(=O)O)C(=O)Nc1cc(C(F)(F)F)ccc1N(CCO)CCO. The molecule has 1 rings (SSSR count). The first kappa shape index (κ1) is 21.5. The van der Waals surface area contributed by atoms with E-state index in [0.29, 0.717) is 6.07 Å². The highest BCUT2D eigenvalue weighted by Gasteiger charge is 2.31. The Kier molecular flexibility index (Phi) is 7.59. The molecule has 26 heavy (non-hydrogen) atoms. The molecule has 0 aromatic heterocycles. The van der Waals surface area contributed by atoms with Gasteiger partial charge >= 0.3 is 12.1 Å². The van der Waals surface area contributed by atoms with Crippen LogP contribution in [0.25, 0.3) is 0 Å². The van der Waals surface area contributed by atoms with Crippen molar-refractivity contribution in [2.75, 3.05) is 36.5 Å². The third kappa shape index (κ3) is 6.05. The minimum Gasteiger partial charge on any atom is -0.481 e. The van der Waals surface area contributed by atoms with E-state index in [1.807, 2.05) is 0 Å². The van der Waals surface area contributed by atoms with E-state index in [4.69, 9.17) is 15.3 Å². The molecule has 0 spiro atoms. The zero-order valence-corrected chi connectivity index (χ0v) is 13.7. The molecule has 0 aliphatic carbocycles. The molecule has 10 heteroatoms. The van der Waals surface area contributed by atoms with Gasteiger partial charge in [0.1, 0.15) is 0 Å². The van der Waals surface area contributed by atoms with Gasteiger partial charge in [-0.05, 0) is 18.2 Å². The Balaban J connectivity index is 3.27. The van der Waals surface area contributed by atoms with Crippen LogP contribution < -0.4 is 10.2 Å². The van der Waals surface area contributed by atoms with Crippen LogP contribution in [-0.4, -0.2) is 53.5 Å². The van der Waals surface area contributed by atoms with Crippen molar-refractivity contribution < 1.29 is 38.1 Å². The largest absolute Gasteiger partial charge is 0.481 e. The normalized spacial score (nSPS) is 11.1. The summed E-state index contributed by atoms with van der Waals surface area (Å²) in [5.74, 6) is -2.25. The average Bonchev–Trinajstić information content (AvgIpc) is 2.53. The summed E-state index contributed by atoms with van der Waals surface area (Å²) < 4.78 is 38.9. The van der Waals surface area contributed by atoms with Gasteiger partial charge in [0.25, 0.3) is 5.91 Å². The van der Waals surface area contributed by atoms with Gasteiger partial charge in [-0.2, -0.15) is 13.2 Å². The second kappa shape index (κ2) is 9.20. The Morgan fingerprint density at radius 1 is 1.15 bits per heavy atom. The highest BCUT2D eigenvalue weighted by atomic mass is 19.4. The quantitative estimate of drug-likeness (QED) is 0.486. The molecule has 0 radical (unpaired) electrons. The molecule has 0 fully saturated rings. The predicted molar refractivity (Wildman–Crippen MR) is 87.9 cm³/mol. The number of hydrogen-bond acceptors (Lipinski definition) is 5. The molecule has 0 aliphatic heterocycles. The highest BCUT2D eigenvalue weighted by Crippen LogP contribution is 2.35. The maximum Gasteiger partial charge on any atom is 0.416 e. The number of aliphatic hydroxyl groups is 2. The Labute approximate surface area is 147 Å². The second-order valence-corrected chi connectivity index (χ2v) is 5.29. The van der Waals surface area contributed by atoms with Crippen molar-refractivity contribution in [1.82, 2.24) is 0 Å². The lowest BCUT2D eigenvalue weighted by Gasteiger charge is -2.26. The van der Waals surface area contributed by atoms with Gasteiger partial charge < -0.3 is 25.5 Å². The lowest BCUT2D eigenvalue weighted by atomic mass is 10.1. The number of hydrogen-bond donors (Lipinski definition) is 4. The average molecular weight is 376 g/mol. The second-order valence-electron chi connectivity index (χ2n) is 5.29. The van der Waals surface area contributed by atoms with Gasteiger partial charge in [0.2, 0.25) is 0 Å². The van der Waals surface area contributed by atoms with E-state index >= 15 is 0 Å². The van der Waals surface area contributed by atoms with E-state index in [1.54, 1.807) is 0 Å². The molecular weight excluding hydrogens is 357 g/mol. The molecule has 0 atom stereocenters. The number of benzene rings is 1. The predicted octanol–water partition coefficient (Wildman–Crippen LogP) is 1.47. The van der Waals surface area contributed by atoms with Crippen molar-refractivity contribution in [3.8, 4) is 0 Å². The first-order valence-corrected chi connectivity index (χ1v) is 7.49. The summed E-state index contributed by atoms with van der Waals surface area (Å²) in [5, 5.41) is 29.1. The molecule has 1 aromatic rings. The first-order chi connectivity index (χ1) is 12.1. The first-order valence-electron chi connectivity index (χ1n) is 7.49. The molecular formula is C16H19F3N2O5. The van der Waals surface area contributed by atoms with Crippen LogP contribution in [0.3, 0.4) is 0 Å². The number of anilines is 2. The van der Waals surface area contributed by atoms with Crippen LogP contribution in [0.15, 0.2) is 30.4 Å². The maximum atomic E-state index is 13.0. The minimum absolute atomic E-state index is 0.00483. The van der Waals surface area contributed by atoms with Crippen LogP contribution in [0.2, 0.25) is 0 Å². The van der Waals surface area contributed by atoms with Gasteiger partial charge in [0.05, 0.1) is 36.6 Å². The number of nitrogens with one attached hydrogen (secondary N) is 1. The van der Waals surface area contributed by atoms with E-state index in [0.717, 1.165) is 12.1 Å². The molecule has 0 saturated heterocycles. The number of carbonyl (C=O) groups excluding carboxylic acids is 1. The van der Waals surface area contributed by atoms with E-state index in [-0.39, 0.29) is 43.3 Å². The Morgan fingerprint density at radius 3 is 2.19 bits per heavy atom. The fraction of sp³-hybridized carbons (Fsp3) is 0.375. The third-order valence-electron chi connectivity index (χ3n) is 3.34. The summed E-state index contributed by atoms with van der Waals surface area (Å²) in [6, 6.07) is 2.60. The Hall–Kier alpha value is -2.59. The van der Waals surface area contributed by atoms with Gasteiger partial charge in [-0.15, -0.1) is 0 Å². The summed E-state index contributed by atoms with van der Waals surface area (Å²) in [7, 11) is 0. The van der Waals surface area contributed by atoms with Gasteiger partial charge in [0.15, 0.2) is 0 Å². The summed E-state index contributed by atoms with van der Waals surface area (Å²) in [4.78, 5) is 24.1. The monoisotopic (exact) mass is 376 g/mol. The van der Waals surface area contributed by atoms with Crippen LogP contribution in [0.4, 0.5) is 24.5 Å². The Morgan fingerprint density at radius 2 is 1.73 bits per heavy atom. The summed E-state index contributed by atoms with van der Waals surface area (Å²) in [5.41, 5.74) is -1.46. The molecule has 4 N–H and O–H groups in total. The van der Waals surface area contributed by atoms with Crippen LogP contribution in [0.5, 0.6) is 0 Å². The number of aliphatic carboxylic acids is 1. The Bertz CT molecular complexity index is 670. The summed E-state index contributed by atoms with van der Waals surface area (Å²) in [6.07, 6.45) is -5.33. The number of aliphatic hydroxyl groups excluding tert-OH is 2. The molecule has 0 bridgehead atoms. The standard InChI is InChI=1S/C16H19F3N2O5/c1-10(8-14(24)25)15(26)20-12-9-11(16(17,18)19)2-3-13(12)21(4-6-22)5-7-23/h2-3,9,22-23H,1,4-8H2,(H,20,26)(H,24,25). The lowest BCUT2D eigenvalue weighted by Crippen LogP contribution is -2.31. The molecule has 7 nitrogen and oxygen atoms in total. The van der Waals surface area contributed by atoms with E-state index in [2.05, 4.69) is 11.9 Å². The number of carbonyl (C=O) groups is 2. The molecule has 1 amide bonds.